The van der Waals surface area contributed by atoms with E-state index in [1.165, 1.54) is 0 Å². The molecule has 1 aliphatic heterocycles. The van der Waals surface area contributed by atoms with E-state index in [1.54, 1.807) is 14.2 Å². The van der Waals surface area contributed by atoms with E-state index in [0.29, 0.717) is 6.42 Å². The lowest BCUT2D eigenvalue weighted by molar-refractivity contribution is -0.193. The van der Waals surface area contributed by atoms with Crippen LogP contribution in [0.1, 0.15) is 12.8 Å². The smallest absolute Gasteiger partial charge is 0.163 e. The van der Waals surface area contributed by atoms with Crippen LogP contribution >= 0.6 is 12.4 Å². The monoisotopic (exact) mass is 241 g/mol. The number of methoxy groups -OCH3 is 2. The van der Waals surface area contributed by atoms with Crippen molar-refractivity contribution in [2.24, 2.45) is 11.7 Å². The summed E-state index contributed by atoms with van der Waals surface area (Å²) in [4.78, 5) is 0. The van der Waals surface area contributed by atoms with E-state index in [9.17, 15) is 0 Å². The van der Waals surface area contributed by atoms with E-state index in [2.05, 4.69) is 0 Å². The maximum Gasteiger partial charge on any atom is 0.163 e. The Hall–Kier alpha value is 0.0900. The van der Waals surface area contributed by atoms with Gasteiger partial charge in [-0.15, -0.1) is 12.4 Å². The lowest BCUT2D eigenvalue weighted by Gasteiger charge is -2.18. The van der Waals surface area contributed by atoms with E-state index in [-0.39, 0.29) is 43.6 Å². The van der Waals surface area contributed by atoms with Crippen molar-refractivity contribution < 1.29 is 19.3 Å². The van der Waals surface area contributed by atoms with Crippen molar-refractivity contribution in [3.8, 4) is 0 Å². The number of hydrogen-bond donors (Lipinski definition) is 2. The van der Waals surface area contributed by atoms with Gasteiger partial charge in [-0.3, -0.25) is 0 Å². The van der Waals surface area contributed by atoms with Gasteiger partial charge in [0.2, 0.25) is 0 Å². The first kappa shape index (κ1) is 15.1. The van der Waals surface area contributed by atoms with Gasteiger partial charge < -0.3 is 25.1 Å². The molecule has 92 valence electrons. The summed E-state index contributed by atoms with van der Waals surface area (Å²) < 4.78 is 15.7. The lowest BCUT2D eigenvalue weighted by Crippen LogP contribution is -2.30. The van der Waals surface area contributed by atoms with Gasteiger partial charge in [-0.1, -0.05) is 0 Å². The average molecular weight is 242 g/mol. The molecule has 4 atom stereocenters. The number of aliphatic hydroxyl groups excluding tert-OH is 1. The Kier molecular flexibility index (Phi) is 7.42. The van der Waals surface area contributed by atoms with Crippen molar-refractivity contribution in [1.29, 1.82) is 0 Å². The fraction of sp³-hybridized carbons (Fsp3) is 1.00. The number of aliphatic hydroxyl groups is 1. The second kappa shape index (κ2) is 7.38. The van der Waals surface area contributed by atoms with Crippen LogP contribution in [0, 0.1) is 5.92 Å². The molecule has 3 N–H and O–H groups in total. The van der Waals surface area contributed by atoms with Crippen LogP contribution in [0.2, 0.25) is 0 Å². The van der Waals surface area contributed by atoms with Crippen molar-refractivity contribution in [2.75, 3.05) is 20.8 Å². The molecule has 0 aromatic heterocycles. The molecule has 1 heterocycles. The van der Waals surface area contributed by atoms with Gasteiger partial charge in [-0.2, -0.15) is 0 Å². The zero-order valence-corrected chi connectivity index (χ0v) is 9.90. The third-order valence-electron chi connectivity index (χ3n) is 2.50. The van der Waals surface area contributed by atoms with Gasteiger partial charge in [0.1, 0.15) is 0 Å². The zero-order valence-electron chi connectivity index (χ0n) is 9.09. The van der Waals surface area contributed by atoms with Gasteiger partial charge in [0.05, 0.1) is 6.61 Å². The van der Waals surface area contributed by atoms with Crippen LogP contribution in [0.5, 0.6) is 0 Å². The van der Waals surface area contributed by atoms with Crippen LogP contribution in [0.4, 0.5) is 0 Å². The first-order chi connectivity index (χ1) is 6.71. The van der Waals surface area contributed by atoms with E-state index in [0.717, 1.165) is 6.42 Å². The van der Waals surface area contributed by atoms with Gasteiger partial charge >= 0.3 is 0 Å². The topological polar surface area (TPSA) is 73.9 Å². The normalized spacial score (nSPS) is 32.4. The molecule has 0 aromatic carbocycles. The number of rotatable bonds is 5. The standard InChI is InChI=1S/C9H19NO4.ClH/c1-12-8-4-6(3-7(10)5-11)9(13-2)14-8;/h6-9,11H,3-5,10H2,1-2H3;1H. The Morgan fingerprint density at radius 2 is 2.13 bits per heavy atom. The maximum absolute atomic E-state index is 8.84. The summed E-state index contributed by atoms with van der Waals surface area (Å²) in [6.45, 7) is -0.00934. The third-order valence-corrected chi connectivity index (χ3v) is 2.50. The molecule has 1 saturated heterocycles. The molecule has 1 fully saturated rings. The van der Waals surface area contributed by atoms with Crippen molar-refractivity contribution >= 4 is 12.4 Å². The van der Waals surface area contributed by atoms with Crippen LogP contribution in [-0.4, -0.2) is 44.6 Å². The molecular weight excluding hydrogens is 222 g/mol. The minimum absolute atomic E-state index is 0. The molecule has 5 nitrogen and oxygen atoms in total. The molecule has 15 heavy (non-hydrogen) atoms. The van der Waals surface area contributed by atoms with Gasteiger partial charge in [0.15, 0.2) is 12.6 Å². The summed E-state index contributed by atoms with van der Waals surface area (Å²) in [7, 11) is 3.20. The fourth-order valence-corrected chi connectivity index (χ4v) is 1.75. The Morgan fingerprint density at radius 3 is 2.60 bits per heavy atom. The van der Waals surface area contributed by atoms with Crippen LogP contribution in [0.15, 0.2) is 0 Å². The van der Waals surface area contributed by atoms with E-state index >= 15 is 0 Å². The number of ether oxygens (including phenoxy) is 3. The molecule has 1 aliphatic rings. The third kappa shape index (κ3) is 4.22. The summed E-state index contributed by atoms with van der Waals surface area (Å²) in [5.74, 6) is 0.201. The Bertz CT molecular complexity index is 172. The summed E-state index contributed by atoms with van der Waals surface area (Å²) >= 11 is 0. The molecular formula is C9H20ClNO4. The maximum atomic E-state index is 8.84. The van der Waals surface area contributed by atoms with Crippen molar-refractivity contribution in [3.63, 3.8) is 0 Å². The van der Waals surface area contributed by atoms with Crippen LogP contribution < -0.4 is 5.73 Å². The van der Waals surface area contributed by atoms with E-state index < -0.39 is 0 Å². The summed E-state index contributed by atoms with van der Waals surface area (Å²) in [6.07, 6.45) is 0.978. The van der Waals surface area contributed by atoms with Gasteiger partial charge in [-0.25, -0.2) is 0 Å². The molecule has 0 amide bonds. The molecule has 0 aliphatic carbocycles. The highest BCUT2D eigenvalue weighted by atomic mass is 35.5. The largest absolute Gasteiger partial charge is 0.395 e. The Labute approximate surface area is 96.3 Å². The molecule has 6 heteroatoms. The zero-order chi connectivity index (χ0) is 10.6. The quantitative estimate of drug-likeness (QED) is 0.714. The summed E-state index contributed by atoms with van der Waals surface area (Å²) in [5.41, 5.74) is 5.65. The Morgan fingerprint density at radius 1 is 1.47 bits per heavy atom. The van der Waals surface area contributed by atoms with Crippen LogP contribution in [-0.2, 0) is 14.2 Å². The molecule has 1 rings (SSSR count). The molecule has 0 aromatic rings. The minimum Gasteiger partial charge on any atom is -0.395 e. The van der Waals surface area contributed by atoms with Crippen LogP contribution in [0.3, 0.4) is 0 Å². The van der Waals surface area contributed by atoms with Crippen LogP contribution in [0.25, 0.3) is 0 Å². The molecule has 0 spiro atoms. The van der Waals surface area contributed by atoms with Gasteiger partial charge in [0.25, 0.3) is 0 Å². The molecule has 0 saturated carbocycles. The first-order valence-corrected chi connectivity index (χ1v) is 4.78. The predicted octanol–water partition coefficient (Wildman–Crippen LogP) is 0.0994. The number of nitrogens with two attached hydrogens (primary N) is 1. The lowest BCUT2D eigenvalue weighted by atomic mass is 9.98. The van der Waals surface area contributed by atoms with Crippen molar-refractivity contribution in [2.45, 2.75) is 31.5 Å². The summed E-state index contributed by atoms with van der Waals surface area (Å²) in [6, 6.07) is -0.211. The Balaban J connectivity index is 0.00000196. The molecule has 4 unspecified atom stereocenters. The highest BCUT2D eigenvalue weighted by Crippen LogP contribution is 2.30. The minimum atomic E-state index is -0.266. The fourth-order valence-electron chi connectivity index (χ4n) is 1.75. The number of halogens is 1. The van der Waals surface area contributed by atoms with Crippen molar-refractivity contribution in [1.82, 2.24) is 0 Å². The number of hydrogen-bond acceptors (Lipinski definition) is 5. The average Bonchev–Trinajstić information content (AvgIpc) is 2.60. The predicted molar refractivity (Wildman–Crippen MR) is 57.7 cm³/mol. The van der Waals surface area contributed by atoms with Crippen molar-refractivity contribution in [3.05, 3.63) is 0 Å². The second-order valence-electron chi connectivity index (χ2n) is 3.58. The van der Waals surface area contributed by atoms with E-state index in [4.69, 9.17) is 25.1 Å². The molecule has 0 radical (unpaired) electrons. The highest BCUT2D eigenvalue weighted by Gasteiger charge is 2.36. The van der Waals surface area contributed by atoms with Gasteiger partial charge in [-0.05, 0) is 6.42 Å². The van der Waals surface area contributed by atoms with E-state index in [1.807, 2.05) is 0 Å². The highest BCUT2D eigenvalue weighted by molar-refractivity contribution is 5.85. The SMILES string of the molecule is COC1CC(CC(N)CO)C(OC)O1.Cl. The first-order valence-electron chi connectivity index (χ1n) is 4.78. The summed E-state index contributed by atoms with van der Waals surface area (Å²) in [5, 5.41) is 8.84. The second-order valence-corrected chi connectivity index (χ2v) is 3.58. The van der Waals surface area contributed by atoms with Gasteiger partial charge in [0, 0.05) is 32.6 Å². The molecule has 0 bridgehead atoms.